The Morgan fingerprint density at radius 3 is 2.30 bits per heavy atom. The molecule has 8 heteroatoms. The zero-order valence-corrected chi connectivity index (χ0v) is 17.9. The zero-order valence-electron chi connectivity index (χ0n) is 17.9. The first-order valence-electron chi connectivity index (χ1n) is 10.4. The topological polar surface area (TPSA) is 59.6 Å². The number of methoxy groups -OCH3 is 1. The number of ether oxygens (including phenoxy) is 2. The number of halogens is 3. The van der Waals surface area contributed by atoms with Crippen molar-refractivity contribution in [3.63, 3.8) is 0 Å². The minimum absolute atomic E-state index is 0.173. The van der Waals surface area contributed by atoms with Crippen LogP contribution in [0.25, 0.3) is 0 Å². The second kappa shape index (κ2) is 9.05. The average molecular weight is 456 g/mol. The summed E-state index contributed by atoms with van der Waals surface area (Å²) in [5.74, 6) is 0.147. The number of nitrogens with one attached hydrogen (secondary N) is 2. The van der Waals surface area contributed by atoms with Gasteiger partial charge in [-0.25, -0.2) is 0 Å². The Labute approximate surface area is 189 Å². The highest BCUT2D eigenvalue weighted by atomic mass is 19.4. The summed E-state index contributed by atoms with van der Waals surface area (Å²) in [4.78, 5) is 12.8. The highest BCUT2D eigenvalue weighted by Crippen LogP contribution is 2.48. The molecule has 4 rings (SSSR count). The lowest BCUT2D eigenvalue weighted by atomic mass is 9.94. The van der Waals surface area contributed by atoms with Crippen molar-refractivity contribution in [2.75, 3.05) is 24.3 Å². The predicted molar refractivity (Wildman–Crippen MR) is 120 cm³/mol. The average Bonchev–Trinajstić information content (AvgIpc) is 3.58. The Balaban J connectivity index is 1.43. The molecule has 0 radical (unpaired) electrons. The van der Waals surface area contributed by atoms with E-state index in [0.717, 1.165) is 18.4 Å². The Hall–Kier alpha value is -3.68. The van der Waals surface area contributed by atoms with E-state index in [1.807, 2.05) is 18.2 Å². The van der Waals surface area contributed by atoms with Crippen LogP contribution in [0.2, 0.25) is 0 Å². The van der Waals surface area contributed by atoms with Gasteiger partial charge in [0.05, 0.1) is 7.11 Å². The minimum Gasteiger partial charge on any atom is -0.497 e. The molecule has 2 N–H and O–H groups in total. The van der Waals surface area contributed by atoms with Crippen molar-refractivity contribution in [1.82, 2.24) is 0 Å². The molecule has 1 amide bonds. The zero-order chi connectivity index (χ0) is 23.5. The molecule has 1 aliphatic carbocycles. The molecule has 0 unspecified atom stereocenters. The number of alkyl halides is 3. The van der Waals surface area contributed by atoms with E-state index in [2.05, 4.69) is 15.4 Å². The maximum atomic E-state index is 12.8. The molecule has 0 spiro atoms. The van der Waals surface area contributed by atoms with Gasteiger partial charge in [-0.2, -0.15) is 0 Å². The van der Waals surface area contributed by atoms with Gasteiger partial charge in [0.15, 0.2) is 0 Å². The monoisotopic (exact) mass is 456 g/mol. The molecule has 0 heterocycles. The molecule has 3 aromatic rings. The van der Waals surface area contributed by atoms with Gasteiger partial charge in [-0.3, -0.25) is 4.79 Å². The van der Waals surface area contributed by atoms with Crippen LogP contribution in [0.1, 0.15) is 28.8 Å². The van der Waals surface area contributed by atoms with Crippen LogP contribution in [0, 0.1) is 0 Å². The summed E-state index contributed by atoms with van der Waals surface area (Å²) in [6, 6.07) is 20.3. The highest BCUT2D eigenvalue weighted by molar-refractivity contribution is 6.04. The van der Waals surface area contributed by atoms with Crippen molar-refractivity contribution >= 4 is 17.3 Å². The van der Waals surface area contributed by atoms with Gasteiger partial charge in [-0.05, 0) is 54.8 Å². The van der Waals surface area contributed by atoms with Gasteiger partial charge < -0.3 is 20.1 Å². The highest BCUT2D eigenvalue weighted by Gasteiger charge is 2.44. The molecule has 172 valence electrons. The van der Waals surface area contributed by atoms with E-state index in [-0.39, 0.29) is 17.1 Å². The van der Waals surface area contributed by atoms with E-state index in [4.69, 9.17) is 4.74 Å². The Bertz CT molecular complexity index is 1140. The summed E-state index contributed by atoms with van der Waals surface area (Å²) >= 11 is 0. The lowest BCUT2D eigenvalue weighted by Crippen LogP contribution is -2.21. The Morgan fingerprint density at radius 1 is 0.939 bits per heavy atom. The number of hydrogen-bond donors (Lipinski definition) is 2. The molecular formula is C25H23F3N2O3. The summed E-state index contributed by atoms with van der Waals surface area (Å²) in [7, 11) is 1.56. The second-order valence-corrected chi connectivity index (χ2v) is 7.98. The molecule has 0 aliphatic heterocycles. The maximum absolute atomic E-state index is 12.8. The van der Waals surface area contributed by atoms with Crippen molar-refractivity contribution < 1.29 is 27.4 Å². The van der Waals surface area contributed by atoms with Crippen LogP contribution in [0.3, 0.4) is 0 Å². The van der Waals surface area contributed by atoms with Crippen LogP contribution >= 0.6 is 0 Å². The Morgan fingerprint density at radius 2 is 1.61 bits per heavy atom. The van der Waals surface area contributed by atoms with Gasteiger partial charge in [0.2, 0.25) is 0 Å². The summed E-state index contributed by atoms with van der Waals surface area (Å²) in [5.41, 5.74) is 2.54. The number of carbonyl (C=O) groups is 1. The molecule has 1 fully saturated rings. The quantitative estimate of drug-likeness (QED) is 0.437. The summed E-state index contributed by atoms with van der Waals surface area (Å²) < 4.78 is 46.6. The van der Waals surface area contributed by atoms with Crippen LogP contribution in [-0.2, 0) is 5.41 Å². The summed E-state index contributed by atoms with van der Waals surface area (Å²) in [5, 5.41) is 6.09. The van der Waals surface area contributed by atoms with Gasteiger partial charge in [-0.1, -0.05) is 24.3 Å². The molecule has 0 saturated heterocycles. The molecule has 0 atom stereocenters. The van der Waals surface area contributed by atoms with E-state index in [1.165, 1.54) is 18.2 Å². The third-order valence-electron chi connectivity index (χ3n) is 5.62. The number of benzene rings is 3. The van der Waals surface area contributed by atoms with Gasteiger partial charge in [0.25, 0.3) is 5.91 Å². The first-order valence-corrected chi connectivity index (χ1v) is 10.4. The van der Waals surface area contributed by atoms with Crippen molar-refractivity contribution in [1.29, 1.82) is 0 Å². The largest absolute Gasteiger partial charge is 0.573 e. The van der Waals surface area contributed by atoms with Crippen LogP contribution in [-0.4, -0.2) is 25.9 Å². The molecule has 1 saturated carbocycles. The van der Waals surface area contributed by atoms with Crippen molar-refractivity contribution in [3.05, 3.63) is 83.9 Å². The van der Waals surface area contributed by atoms with Crippen LogP contribution in [0.4, 0.5) is 24.5 Å². The van der Waals surface area contributed by atoms with Gasteiger partial charge in [0.1, 0.15) is 11.5 Å². The second-order valence-electron chi connectivity index (χ2n) is 7.98. The van der Waals surface area contributed by atoms with Crippen molar-refractivity contribution in [2.45, 2.75) is 24.6 Å². The molecule has 5 nitrogen and oxygen atoms in total. The van der Waals surface area contributed by atoms with E-state index >= 15 is 0 Å². The number of rotatable bonds is 8. The number of carbonyl (C=O) groups excluding carboxylic acids is 1. The normalized spacial score (nSPS) is 14.3. The summed E-state index contributed by atoms with van der Waals surface area (Å²) in [6.45, 7) is 0.531. The number of hydrogen-bond acceptors (Lipinski definition) is 4. The fourth-order valence-corrected chi connectivity index (χ4v) is 3.69. The lowest BCUT2D eigenvalue weighted by Gasteiger charge is -2.19. The van der Waals surface area contributed by atoms with Crippen molar-refractivity contribution in [2.24, 2.45) is 0 Å². The van der Waals surface area contributed by atoms with E-state index in [9.17, 15) is 18.0 Å². The standard InChI is InChI=1S/C25H23F3N2O3/c1-32-21-9-4-8-20(15-21)30-23(31)17-5-2-6-18(13-17)24(11-12-24)16-29-19-7-3-10-22(14-19)33-25(26,27)28/h2-10,13-15,29H,11-12,16H2,1H3,(H,30,31). The predicted octanol–water partition coefficient (Wildman–Crippen LogP) is 5.99. The molecule has 1 aliphatic rings. The van der Waals surface area contributed by atoms with E-state index in [1.54, 1.807) is 43.5 Å². The van der Waals surface area contributed by atoms with Gasteiger partial charge in [-0.15, -0.1) is 13.2 Å². The van der Waals surface area contributed by atoms with Crippen molar-refractivity contribution in [3.8, 4) is 11.5 Å². The number of amides is 1. The molecular weight excluding hydrogens is 433 g/mol. The van der Waals surface area contributed by atoms with Gasteiger partial charge >= 0.3 is 6.36 Å². The third-order valence-corrected chi connectivity index (χ3v) is 5.62. The van der Waals surface area contributed by atoms with E-state index in [0.29, 0.717) is 29.2 Å². The maximum Gasteiger partial charge on any atom is 0.573 e. The molecule has 33 heavy (non-hydrogen) atoms. The lowest BCUT2D eigenvalue weighted by molar-refractivity contribution is -0.274. The fraction of sp³-hybridized carbons (Fsp3) is 0.240. The Kier molecular flexibility index (Phi) is 6.18. The van der Waals surface area contributed by atoms with Crippen LogP contribution < -0.4 is 20.1 Å². The fourth-order valence-electron chi connectivity index (χ4n) is 3.69. The molecule has 0 aromatic heterocycles. The summed E-state index contributed by atoms with van der Waals surface area (Å²) in [6.07, 6.45) is -2.90. The first-order chi connectivity index (χ1) is 15.8. The SMILES string of the molecule is COc1cccc(NC(=O)c2cccc(C3(CNc4cccc(OC(F)(F)F)c4)CC3)c2)c1. The third kappa shape index (κ3) is 5.77. The number of anilines is 2. The van der Waals surface area contributed by atoms with E-state index < -0.39 is 6.36 Å². The van der Waals surface area contributed by atoms with Crippen LogP contribution in [0.5, 0.6) is 11.5 Å². The molecule has 0 bridgehead atoms. The molecule has 3 aromatic carbocycles. The minimum atomic E-state index is -4.73. The first kappa shape index (κ1) is 22.5. The van der Waals surface area contributed by atoms with Crippen LogP contribution in [0.15, 0.2) is 72.8 Å². The smallest absolute Gasteiger partial charge is 0.497 e. The van der Waals surface area contributed by atoms with Gasteiger partial charge in [0, 0.05) is 41.0 Å².